The maximum Gasteiger partial charge on any atom is 0.323 e. The summed E-state index contributed by atoms with van der Waals surface area (Å²) in [5.74, 6) is -1.28. The van der Waals surface area contributed by atoms with Gasteiger partial charge in [0.05, 0.1) is 0 Å². The molecule has 0 aliphatic heterocycles. The zero-order valence-corrected chi connectivity index (χ0v) is 10.5. The average Bonchev–Trinajstić information content (AvgIpc) is 2.14. The van der Waals surface area contributed by atoms with Gasteiger partial charge in [0.15, 0.2) is 0 Å². The van der Waals surface area contributed by atoms with E-state index in [1.54, 1.807) is 0 Å². The highest BCUT2D eigenvalue weighted by Gasteiger charge is 2.17. The Bertz CT molecular complexity index is 289. The Hall–Kier alpha value is -1.59. The number of carboxylic acid groups (broad SMARTS) is 1. The fourth-order valence-corrected chi connectivity index (χ4v) is 1.36. The Labute approximate surface area is 101 Å². The van der Waals surface area contributed by atoms with E-state index in [0.717, 1.165) is 0 Å². The van der Waals surface area contributed by atoms with Gasteiger partial charge in [-0.15, -0.1) is 0 Å². The minimum absolute atomic E-state index is 0.125. The van der Waals surface area contributed by atoms with Crippen molar-refractivity contribution in [1.82, 2.24) is 10.2 Å². The van der Waals surface area contributed by atoms with Crippen LogP contribution in [0.2, 0.25) is 0 Å². The number of hydrogen-bond acceptors (Lipinski definition) is 3. The van der Waals surface area contributed by atoms with Gasteiger partial charge in [-0.3, -0.25) is 14.4 Å². The van der Waals surface area contributed by atoms with Crippen LogP contribution in [0.15, 0.2) is 0 Å². The zero-order valence-electron chi connectivity index (χ0n) is 10.5. The number of amides is 2. The molecular formula is C11H20N2O4. The van der Waals surface area contributed by atoms with Gasteiger partial charge in [-0.25, -0.2) is 0 Å². The molecule has 0 spiro atoms. The van der Waals surface area contributed by atoms with Gasteiger partial charge in [0.25, 0.3) is 0 Å². The minimum Gasteiger partial charge on any atom is -0.480 e. The van der Waals surface area contributed by atoms with Crippen LogP contribution in [-0.4, -0.2) is 47.4 Å². The van der Waals surface area contributed by atoms with E-state index < -0.39 is 5.97 Å². The summed E-state index contributed by atoms with van der Waals surface area (Å²) in [5.41, 5.74) is 0. The Morgan fingerprint density at radius 2 is 1.88 bits per heavy atom. The lowest BCUT2D eigenvalue weighted by Crippen LogP contribution is -2.39. The molecule has 0 fully saturated rings. The molecule has 0 aromatic heterocycles. The number of rotatable bonds is 7. The highest BCUT2D eigenvalue weighted by Crippen LogP contribution is 2.01. The molecule has 6 heteroatoms. The van der Waals surface area contributed by atoms with E-state index in [2.05, 4.69) is 5.32 Å². The number of carbonyl (C=O) groups excluding carboxylic acids is 2. The van der Waals surface area contributed by atoms with Crippen molar-refractivity contribution in [3.05, 3.63) is 0 Å². The Balaban J connectivity index is 4.21. The number of aliphatic carboxylic acids is 1. The van der Waals surface area contributed by atoms with E-state index in [0.29, 0.717) is 6.54 Å². The SMILES string of the molecule is CC(=O)NCCC(=O)N(CC(=O)O)CC(C)C. The first-order valence-corrected chi connectivity index (χ1v) is 5.57. The van der Waals surface area contributed by atoms with Crippen LogP contribution >= 0.6 is 0 Å². The van der Waals surface area contributed by atoms with Crippen LogP contribution in [0.1, 0.15) is 27.2 Å². The summed E-state index contributed by atoms with van der Waals surface area (Å²) in [7, 11) is 0. The molecule has 0 unspecified atom stereocenters. The van der Waals surface area contributed by atoms with Gasteiger partial charge in [-0.2, -0.15) is 0 Å². The number of carbonyl (C=O) groups is 3. The first-order chi connectivity index (χ1) is 7.82. The van der Waals surface area contributed by atoms with E-state index in [4.69, 9.17) is 5.11 Å². The smallest absolute Gasteiger partial charge is 0.323 e. The van der Waals surface area contributed by atoms with Gasteiger partial charge in [-0.05, 0) is 5.92 Å². The van der Waals surface area contributed by atoms with Crippen LogP contribution in [0.3, 0.4) is 0 Å². The fourth-order valence-electron chi connectivity index (χ4n) is 1.36. The molecule has 0 atom stereocenters. The number of nitrogens with zero attached hydrogens (tertiary/aromatic N) is 1. The summed E-state index contributed by atoms with van der Waals surface area (Å²) in [6.45, 7) is 5.55. The van der Waals surface area contributed by atoms with Gasteiger partial charge in [0, 0.05) is 26.4 Å². The van der Waals surface area contributed by atoms with Gasteiger partial charge in [-0.1, -0.05) is 13.8 Å². The number of nitrogens with one attached hydrogen (secondary N) is 1. The third-order valence-corrected chi connectivity index (χ3v) is 1.98. The Morgan fingerprint density at radius 1 is 1.29 bits per heavy atom. The summed E-state index contributed by atoms with van der Waals surface area (Å²) in [6, 6.07) is 0. The van der Waals surface area contributed by atoms with Crippen molar-refractivity contribution in [1.29, 1.82) is 0 Å². The van der Waals surface area contributed by atoms with E-state index >= 15 is 0 Å². The molecule has 17 heavy (non-hydrogen) atoms. The molecule has 6 nitrogen and oxygen atoms in total. The van der Waals surface area contributed by atoms with Crippen molar-refractivity contribution in [2.24, 2.45) is 5.92 Å². The van der Waals surface area contributed by atoms with Gasteiger partial charge < -0.3 is 15.3 Å². The second kappa shape index (κ2) is 7.65. The first-order valence-electron chi connectivity index (χ1n) is 5.57. The van der Waals surface area contributed by atoms with Crippen LogP contribution < -0.4 is 5.32 Å². The van der Waals surface area contributed by atoms with Gasteiger partial charge >= 0.3 is 5.97 Å². The van der Waals surface area contributed by atoms with Crippen molar-refractivity contribution in [3.8, 4) is 0 Å². The lowest BCUT2D eigenvalue weighted by molar-refractivity contribution is -0.144. The number of hydrogen-bond donors (Lipinski definition) is 2. The van der Waals surface area contributed by atoms with Crippen molar-refractivity contribution in [2.75, 3.05) is 19.6 Å². The van der Waals surface area contributed by atoms with Crippen molar-refractivity contribution < 1.29 is 19.5 Å². The Morgan fingerprint density at radius 3 is 2.29 bits per heavy atom. The molecule has 0 aromatic carbocycles. The normalized spacial score (nSPS) is 10.1. The lowest BCUT2D eigenvalue weighted by atomic mass is 10.2. The molecule has 98 valence electrons. The van der Waals surface area contributed by atoms with Crippen molar-refractivity contribution >= 4 is 17.8 Å². The highest BCUT2D eigenvalue weighted by molar-refractivity contribution is 5.82. The highest BCUT2D eigenvalue weighted by atomic mass is 16.4. The van der Waals surface area contributed by atoms with Crippen LogP contribution in [-0.2, 0) is 14.4 Å². The van der Waals surface area contributed by atoms with E-state index in [9.17, 15) is 14.4 Å². The molecule has 2 N–H and O–H groups in total. The maximum atomic E-state index is 11.7. The summed E-state index contributed by atoms with van der Waals surface area (Å²) < 4.78 is 0. The molecule has 0 rings (SSSR count). The molecule has 0 radical (unpaired) electrons. The van der Waals surface area contributed by atoms with Crippen LogP contribution in [0, 0.1) is 5.92 Å². The minimum atomic E-state index is -1.03. The van der Waals surface area contributed by atoms with Gasteiger partial charge in [0.2, 0.25) is 11.8 Å². The summed E-state index contributed by atoms with van der Waals surface area (Å²) in [5, 5.41) is 11.2. The van der Waals surface area contributed by atoms with Crippen LogP contribution in [0.4, 0.5) is 0 Å². The lowest BCUT2D eigenvalue weighted by Gasteiger charge is -2.22. The van der Waals surface area contributed by atoms with Crippen LogP contribution in [0.5, 0.6) is 0 Å². The molecule has 0 saturated heterocycles. The standard InChI is InChI=1S/C11H20N2O4/c1-8(2)6-13(7-11(16)17)10(15)4-5-12-9(3)14/h8H,4-7H2,1-3H3,(H,12,14)(H,16,17). The monoisotopic (exact) mass is 244 g/mol. The summed E-state index contributed by atoms with van der Waals surface area (Å²) in [6.07, 6.45) is 0.125. The maximum absolute atomic E-state index is 11.7. The van der Waals surface area contributed by atoms with Gasteiger partial charge in [0.1, 0.15) is 6.54 Å². The molecule has 0 aromatic rings. The summed E-state index contributed by atoms with van der Waals surface area (Å²) in [4.78, 5) is 34.2. The average molecular weight is 244 g/mol. The number of carboxylic acids is 1. The molecule has 0 heterocycles. The third kappa shape index (κ3) is 8.24. The van der Waals surface area contributed by atoms with Crippen molar-refractivity contribution in [3.63, 3.8) is 0 Å². The molecular weight excluding hydrogens is 224 g/mol. The van der Waals surface area contributed by atoms with E-state index in [1.807, 2.05) is 13.8 Å². The molecule has 0 aliphatic rings. The first kappa shape index (κ1) is 15.4. The molecule has 0 saturated carbocycles. The zero-order chi connectivity index (χ0) is 13.4. The van der Waals surface area contributed by atoms with E-state index in [1.165, 1.54) is 11.8 Å². The second-order valence-electron chi connectivity index (χ2n) is 4.29. The largest absolute Gasteiger partial charge is 0.480 e. The van der Waals surface area contributed by atoms with Crippen molar-refractivity contribution in [2.45, 2.75) is 27.2 Å². The second-order valence-corrected chi connectivity index (χ2v) is 4.29. The summed E-state index contributed by atoms with van der Waals surface area (Å²) >= 11 is 0. The molecule has 0 aliphatic carbocycles. The third-order valence-electron chi connectivity index (χ3n) is 1.98. The predicted octanol–water partition coefficient (Wildman–Crippen LogP) is 0.0818. The Kier molecular flexibility index (Phi) is 6.93. The topological polar surface area (TPSA) is 86.7 Å². The quantitative estimate of drug-likeness (QED) is 0.664. The predicted molar refractivity (Wildman–Crippen MR) is 62.4 cm³/mol. The fraction of sp³-hybridized carbons (Fsp3) is 0.727. The molecule has 0 bridgehead atoms. The van der Waals surface area contributed by atoms with Crippen LogP contribution in [0.25, 0.3) is 0 Å². The molecule has 2 amide bonds. The van der Waals surface area contributed by atoms with E-state index in [-0.39, 0.29) is 37.2 Å².